The average molecular weight is 411 g/mol. The van der Waals surface area contributed by atoms with E-state index in [4.69, 9.17) is 24.5 Å². The van der Waals surface area contributed by atoms with Crippen molar-refractivity contribution in [1.82, 2.24) is 4.90 Å². The van der Waals surface area contributed by atoms with Gasteiger partial charge < -0.3 is 14.9 Å². The van der Waals surface area contributed by atoms with Gasteiger partial charge in [-0.15, -0.1) is 0 Å². The van der Waals surface area contributed by atoms with Crippen LogP contribution in [0, 0.1) is 5.92 Å². The molecule has 4 rings (SSSR count). The molecule has 0 spiro atoms. The number of rotatable bonds is 3. The van der Waals surface area contributed by atoms with Gasteiger partial charge in [0.25, 0.3) is 0 Å². The van der Waals surface area contributed by atoms with Gasteiger partial charge in [-0.2, -0.15) is 0 Å². The number of Topliss-reactive ketones (excluding diaryl/α,β-unsaturated/α-hetero) is 1. The molecule has 158 valence electrons. The van der Waals surface area contributed by atoms with Crippen molar-refractivity contribution >= 4 is 17.7 Å². The summed E-state index contributed by atoms with van der Waals surface area (Å²) in [5.74, 6) is -2.17. The highest BCUT2D eigenvalue weighted by Gasteiger charge is 2.34. The Balaban J connectivity index is 0.000000377. The molecule has 0 radical (unpaired) electrons. The van der Waals surface area contributed by atoms with Gasteiger partial charge in [0, 0.05) is 13.0 Å². The number of carboxylic acid groups (broad SMARTS) is 2. The topological polar surface area (TPSA) is 104 Å². The molecule has 0 aromatic heterocycles. The predicted molar refractivity (Wildman–Crippen MR) is 110 cm³/mol. The van der Waals surface area contributed by atoms with Crippen LogP contribution in [-0.4, -0.2) is 52.0 Å². The fourth-order valence-corrected chi connectivity index (χ4v) is 3.88. The van der Waals surface area contributed by atoms with E-state index < -0.39 is 11.9 Å². The van der Waals surface area contributed by atoms with Crippen LogP contribution in [0.25, 0.3) is 0 Å². The SMILES string of the molecule is O=C(O)C(=O)O.O=C1CC(C2CCN(Cc3ccccc3)CC2)Oc2ccccc21. The van der Waals surface area contributed by atoms with E-state index in [0.29, 0.717) is 12.3 Å². The van der Waals surface area contributed by atoms with Crippen LogP contribution in [0.2, 0.25) is 0 Å². The summed E-state index contributed by atoms with van der Waals surface area (Å²) in [5, 5.41) is 14.8. The van der Waals surface area contributed by atoms with Gasteiger partial charge in [0.2, 0.25) is 0 Å². The maximum Gasteiger partial charge on any atom is 0.414 e. The number of carbonyl (C=O) groups excluding carboxylic acids is 1. The number of aliphatic carboxylic acids is 2. The summed E-state index contributed by atoms with van der Waals surface area (Å²) in [5.41, 5.74) is 2.12. The van der Waals surface area contributed by atoms with Gasteiger partial charge >= 0.3 is 11.9 Å². The number of hydrogen-bond donors (Lipinski definition) is 2. The zero-order chi connectivity index (χ0) is 21.5. The molecule has 1 unspecified atom stereocenters. The number of ether oxygens (including phenoxy) is 1. The van der Waals surface area contributed by atoms with E-state index in [1.165, 1.54) is 5.56 Å². The van der Waals surface area contributed by atoms with Crippen LogP contribution in [0.5, 0.6) is 5.75 Å². The number of likely N-dealkylation sites (tertiary alicyclic amines) is 1. The van der Waals surface area contributed by atoms with Crippen LogP contribution in [0.3, 0.4) is 0 Å². The second-order valence-corrected chi connectivity index (χ2v) is 7.49. The molecule has 0 saturated carbocycles. The number of benzene rings is 2. The summed E-state index contributed by atoms with van der Waals surface area (Å²) in [6, 6.07) is 18.3. The average Bonchev–Trinajstić information content (AvgIpc) is 2.75. The number of piperidine rings is 1. The maximum absolute atomic E-state index is 12.4. The molecule has 2 aromatic carbocycles. The lowest BCUT2D eigenvalue weighted by Crippen LogP contribution is -2.41. The number of ketones is 1. The Bertz CT molecular complexity index is 878. The van der Waals surface area contributed by atoms with Gasteiger partial charge in [0.1, 0.15) is 11.9 Å². The van der Waals surface area contributed by atoms with E-state index in [2.05, 4.69) is 35.2 Å². The highest BCUT2D eigenvalue weighted by atomic mass is 16.5. The Morgan fingerprint density at radius 3 is 2.17 bits per heavy atom. The summed E-state index contributed by atoms with van der Waals surface area (Å²) in [6.45, 7) is 3.17. The fraction of sp³-hybridized carbons (Fsp3) is 0.348. The molecule has 0 bridgehead atoms. The highest BCUT2D eigenvalue weighted by molar-refractivity contribution is 6.27. The third-order valence-corrected chi connectivity index (χ3v) is 5.44. The van der Waals surface area contributed by atoms with E-state index >= 15 is 0 Å². The van der Waals surface area contributed by atoms with Gasteiger partial charge in [-0.25, -0.2) is 9.59 Å². The van der Waals surface area contributed by atoms with E-state index in [1.54, 1.807) is 0 Å². The first kappa shape index (κ1) is 21.5. The molecular weight excluding hydrogens is 386 g/mol. The summed E-state index contributed by atoms with van der Waals surface area (Å²) in [6.07, 6.45) is 2.78. The van der Waals surface area contributed by atoms with Crippen molar-refractivity contribution in [3.05, 3.63) is 65.7 Å². The largest absolute Gasteiger partial charge is 0.489 e. The summed E-state index contributed by atoms with van der Waals surface area (Å²) in [7, 11) is 0. The van der Waals surface area contributed by atoms with E-state index in [1.807, 2.05) is 24.3 Å². The zero-order valence-electron chi connectivity index (χ0n) is 16.6. The Morgan fingerprint density at radius 1 is 0.933 bits per heavy atom. The summed E-state index contributed by atoms with van der Waals surface area (Å²) < 4.78 is 6.16. The minimum absolute atomic E-state index is 0.0475. The Labute approximate surface area is 174 Å². The van der Waals surface area contributed by atoms with E-state index in [9.17, 15) is 4.79 Å². The highest BCUT2D eigenvalue weighted by Crippen LogP contribution is 2.33. The van der Waals surface area contributed by atoms with Gasteiger partial charge in [-0.3, -0.25) is 9.69 Å². The third-order valence-electron chi connectivity index (χ3n) is 5.44. The summed E-state index contributed by atoms with van der Waals surface area (Å²) in [4.78, 5) is 33.1. The predicted octanol–water partition coefficient (Wildman–Crippen LogP) is 3.09. The maximum atomic E-state index is 12.4. The lowest BCUT2D eigenvalue weighted by molar-refractivity contribution is -0.159. The molecule has 2 N–H and O–H groups in total. The molecular formula is C23H25NO6. The number of nitrogens with zero attached hydrogens (tertiary/aromatic N) is 1. The van der Waals surface area contributed by atoms with Crippen molar-refractivity contribution in [3.8, 4) is 5.75 Å². The second-order valence-electron chi connectivity index (χ2n) is 7.49. The van der Waals surface area contributed by atoms with Gasteiger partial charge in [-0.1, -0.05) is 42.5 Å². The Morgan fingerprint density at radius 2 is 1.53 bits per heavy atom. The van der Waals surface area contributed by atoms with Crippen LogP contribution in [0.15, 0.2) is 54.6 Å². The number of para-hydroxylation sites is 1. The van der Waals surface area contributed by atoms with Gasteiger partial charge in [-0.05, 0) is 49.5 Å². The molecule has 0 amide bonds. The van der Waals surface area contributed by atoms with Gasteiger partial charge in [0.15, 0.2) is 5.78 Å². The quantitative estimate of drug-likeness (QED) is 0.748. The van der Waals surface area contributed by atoms with E-state index in [0.717, 1.165) is 43.8 Å². The number of fused-ring (bicyclic) bond motifs is 1. The van der Waals surface area contributed by atoms with Crippen LogP contribution in [0.4, 0.5) is 0 Å². The lowest BCUT2D eigenvalue weighted by atomic mass is 9.86. The third kappa shape index (κ3) is 5.67. The molecule has 2 aliphatic rings. The molecule has 30 heavy (non-hydrogen) atoms. The van der Waals surface area contributed by atoms with Crippen LogP contribution >= 0.6 is 0 Å². The molecule has 1 saturated heterocycles. The first-order valence-electron chi connectivity index (χ1n) is 9.95. The molecule has 0 aliphatic carbocycles. The lowest BCUT2D eigenvalue weighted by Gasteiger charge is -2.37. The Kier molecular flexibility index (Phi) is 7.19. The fourth-order valence-electron chi connectivity index (χ4n) is 3.88. The van der Waals surface area contributed by atoms with Crippen molar-refractivity contribution in [2.45, 2.75) is 31.9 Å². The van der Waals surface area contributed by atoms with Crippen molar-refractivity contribution in [2.24, 2.45) is 5.92 Å². The zero-order valence-corrected chi connectivity index (χ0v) is 16.6. The molecule has 1 atom stereocenters. The van der Waals surface area contributed by atoms with Crippen molar-refractivity contribution in [2.75, 3.05) is 13.1 Å². The van der Waals surface area contributed by atoms with Crippen molar-refractivity contribution < 1.29 is 29.3 Å². The Hall–Kier alpha value is -3.19. The van der Waals surface area contributed by atoms with Crippen LogP contribution in [-0.2, 0) is 16.1 Å². The molecule has 2 aliphatic heterocycles. The van der Waals surface area contributed by atoms with Gasteiger partial charge in [0.05, 0.1) is 5.56 Å². The molecule has 2 aromatic rings. The number of carboxylic acids is 2. The standard InChI is InChI=1S/C21H23NO2.C2H2O4/c23-19-14-21(24-20-9-5-4-8-18(19)20)17-10-12-22(13-11-17)15-16-6-2-1-3-7-16;3-1(4)2(5)6/h1-9,17,21H,10-15H2;(H,3,4)(H,5,6). The van der Waals surface area contributed by atoms with Crippen LogP contribution < -0.4 is 4.74 Å². The summed E-state index contributed by atoms with van der Waals surface area (Å²) >= 11 is 0. The number of carbonyl (C=O) groups is 3. The first-order valence-corrected chi connectivity index (χ1v) is 9.95. The van der Waals surface area contributed by atoms with Crippen molar-refractivity contribution in [1.29, 1.82) is 0 Å². The molecule has 1 fully saturated rings. The smallest absolute Gasteiger partial charge is 0.414 e. The molecule has 7 heteroatoms. The second kappa shape index (κ2) is 10.0. The monoisotopic (exact) mass is 411 g/mol. The molecule has 7 nitrogen and oxygen atoms in total. The number of hydrogen-bond acceptors (Lipinski definition) is 5. The van der Waals surface area contributed by atoms with Crippen molar-refractivity contribution in [3.63, 3.8) is 0 Å². The first-order chi connectivity index (χ1) is 14.4. The normalized spacial score (nSPS) is 19.1. The van der Waals surface area contributed by atoms with Crippen LogP contribution in [0.1, 0.15) is 35.2 Å². The van der Waals surface area contributed by atoms with E-state index in [-0.39, 0.29) is 11.9 Å². The minimum Gasteiger partial charge on any atom is -0.489 e. The minimum atomic E-state index is -1.82. The molecule has 2 heterocycles.